The van der Waals surface area contributed by atoms with Crippen LogP contribution in [0.5, 0.6) is 0 Å². The molecule has 1 aliphatic rings. The number of nitrogens with zero attached hydrogens (tertiary/aromatic N) is 5. The number of rotatable bonds is 7. The van der Waals surface area contributed by atoms with Gasteiger partial charge in [-0.3, -0.25) is 4.79 Å². The lowest BCUT2D eigenvalue weighted by atomic mass is 9.72. The lowest BCUT2D eigenvalue weighted by molar-refractivity contribution is -0.119. The molecule has 1 amide bonds. The minimum absolute atomic E-state index is 0.0236. The topological polar surface area (TPSA) is 90.2 Å². The molecule has 0 atom stereocenters. The number of amides is 1. The average Bonchev–Trinajstić information content (AvgIpc) is 3.28. The minimum atomic E-state index is -0.470. The van der Waals surface area contributed by atoms with E-state index in [0.29, 0.717) is 44.8 Å². The SMILES string of the molecule is CCOC(=O)N1CCC(c2ccccc2)(c2nnn(CC(=O)Cc3cccc(C)c3)n2)CC1. The quantitative estimate of drug-likeness (QED) is 0.552. The number of piperidine rings is 1. The Morgan fingerprint density at radius 3 is 2.52 bits per heavy atom. The van der Waals surface area contributed by atoms with E-state index in [-0.39, 0.29) is 18.4 Å². The van der Waals surface area contributed by atoms with Gasteiger partial charge >= 0.3 is 6.09 Å². The maximum Gasteiger partial charge on any atom is 0.409 e. The molecule has 1 saturated heterocycles. The number of hydrogen-bond acceptors (Lipinski definition) is 6. The summed E-state index contributed by atoms with van der Waals surface area (Å²) in [6.07, 6.45) is 1.34. The van der Waals surface area contributed by atoms with Crippen molar-refractivity contribution in [1.82, 2.24) is 25.1 Å². The Bertz CT molecular complexity index is 1100. The van der Waals surface area contributed by atoms with Crippen LogP contribution in [0.1, 0.15) is 42.3 Å². The van der Waals surface area contributed by atoms with Crippen molar-refractivity contribution < 1.29 is 14.3 Å². The van der Waals surface area contributed by atoms with Gasteiger partial charge in [0.15, 0.2) is 11.6 Å². The van der Waals surface area contributed by atoms with Gasteiger partial charge in [0.1, 0.15) is 6.54 Å². The summed E-state index contributed by atoms with van der Waals surface area (Å²) < 4.78 is 5.17. The molecule has 0 unspecified atom stereocenters. The molecular weight excluding hydrogens is 418 g/mol. The fourth-order valence-electron chi connectivity index (χ4n) is 4.45. The molecule has 0 radical (unpaired) electrons. The Kier molecular flexibility index (Phi) is 6.82. The lowest BCUT2D eigenvalue weighted by Gasteiger charge is -2.39. The van der Waals surface area contributed by atoms with Crippen LogP contribution in [0, 0.1) is 6.92 Å². The first kappa shape index (κ1) is 22.6. The number of ketones is 1. The van der Waals surface area contributed by atoms with Gasteiger partial charge in [0.2, 0.25) is 0 Å². The zero-order chi connectivity index (χ0) is 23.3. The summed E-state index contributed by atoms with van der Waals surface area (Å²) in [5.74, 6) is 0.607. The molecule has 8 heteroatoms. The van der Waals surface area contributed by atoms with E-state index in [2.05, 4.69) is 27.5 Å². The van der Waals surface area contributed by atoms with Crippen molar-refractivity contribution in [2.24, 2.45) is 0 Å². The lowest BCUT2D eigenvalue weighted by Crippen LogP contribution is -2.46. The zero-order valence-electron chi connectivity index (χ0n) is 19.1. The maximum atomic E-state index is 12.6. The molecular formula is C25H29N5O3. The molecule has 1 aliphatic heterocycles. The molecule has 2 aromatic carbocycles. The van der Waals surface area contributed by atoms with E-state index in [1.807, 2.05) is 49.4 Å². The van der Waals surface area contributed by atoms with Crippen molar-refractivity contribution in [1.29, 1.82) is 0 Å². The van der Waals surface area contributed by atoms with Crippen molar-refractivity contribution in [3.05, 3.63) is 77.1 Å². The van der Waals surface area contributed by atoms with E-state index < -0.39 is 5.41 Å². The van der Waals surface area contributed by atoms with Crippen molar-refractivity contribution in [2.75, 3.05) is 19.7 Å². The van der Waals surface area contributed by atoms with Crippen LogP contribution in [0.15, 0.2) is 54.6 Å². The third-order valence-electron chi connectivity index (χ3n) is 6.15. The number of aromatic nitrogens is 4. The summed E-state index contributed by atoms with van der Waals surface area (Å²) in [7, 11) is 0. The summed E-state index contributed by atoms with van der Waals surface area (Å²) >= 11 is 0. The van der Waals surface area contributed by atoms with Crippen molar-refractivity contribution in [3.8, 4) is 0 Å². The van der Waals surface area contributed by atoms with Crippen LogP contribution >= 0.6 is 0 Å². The van der Waals surface area contributed by atoms with Gasteiger partial charge in [-0.2, -0.15) is 4.80 Å². The van der Waals surface area contributed by atoms with Gasteiger partial charge < -0.3 is 9.64 Å². The highest BCUT2D eigenvalue weighted by molar-refractivity contribution is 5.80. The zero-order valence-corrected chi connectivity index (χ0v) is 19.1. The Balaban J connectivity index is 1.52. The van der Waals surface area contributed by atoms with Crippen molar-refractivity contribution >= 4 is 11.9 Å². The second kappa shape index (κ2) is 9.94. The van der Waals surface area contributed by atoms with Crippen LogP contribution in [0.2, 0.25) is 0 Å². The van der Waals surface area contributed by atoms with E-state index in [1.165, 1.54) is 4.80 Å². The summed E-state index contributed by atoms with van der Waals surface area (Å²) in [5, 5.41) is 13.2. The van der Waals surface area contributed by atoms with Gasteiger partial charge in [-0.15, -0.1) is 10.2 Å². The Hall–Kier alpha value is -3.55. The van der Waals surface area contributed by atoms with E-state index in [4.69, 9.17) is 4.74 Å². The Morgan fingerprint density at radius 2 is 1.82 bits per heavy atom. The monoisotopic (exact) mass is 447 g/mol. The van der Waals surface area contributed by atoms with Gasteiger partial charge in [-0.1, -0.05) is 60.2 Å². The summed E-state index contributed by atoms with van der Waals surface area (Å²) in [5.41, 5.74) is 2.72. The molecule has 0 bridgehead atoms. The average molecular weight is 448 g/mol. The van der Waals surface area contributed by atoms with Crippen LogP contribution in [0.3, 0.4) is 0 Å². The predicted molar refractivity (Wildman–Crippen MR) is 123 cm³/mol. The molecule has 4 rings (SSSR count). The molecule has 1 aromatic heterocycles. The first-order valence-electron chi connectivity index (χ1n) is 11.3. The molecule has 33 heavy (non-hydrogen) atoms. The number of hydrogen-bond donors (Lipinski definition) is 0. The smallest absolute Gasteiger partial charge is 0.409 e. The summed E-state index contributed by atoms with van der Waals surface area (Å²) in [6.45, 7) is 5.31. The van der Waals surface area contributed by atoms with Gasteiger partial charge in [-0.25, -0.2) is 4.79 Å². The van der Waals surface area contributed by atoms with E-state index >= 15 is 0 Å². The Labute approximate surface area is 193 Å². The molecule has 172 valence electrons. The maximum absolute atomic E-state index is 12.6. The number of tetrazole rings is 1. The third-order valence-corrected chi connectivity index (χ3v) is 6.15. The van der Waals surface area contributed by atoms with Crippen LogP contribution in [0.4, 0.5) is 4.79 Å². The number of likely N-dealkylation sites (tertiary alicyclic amines) is 1. The molecule has 0 N–H and O–H groups in total. The second-order valence-electron chi connectivity index (χ2n) is 8.48. The number of benzene rings is 2. The van der Waals surface area contributed by atoms with E-state index in [0.717, 1.165) is 16.7 Å². The fraction of sp³-hybridized carbons (Fsp3) is 0.400. The number of ether oxygens (including phenoxy) is 1. The van der Waals surface area contributed by atoms with E-state index in [9.17, 15) is 9.59 Å². The third kappa shape index (κ3) is 5.10. The summed E-state index contributed by atoms with van der Waals surface area (Å²) in [6, 6.07) is 18.0. The molecule has 0 saturated carbocycles. The van der Waals surface area contributed by atoms with Crippen LogP contribution in [0.25, 0.3) is 0 Å². The molecule has 1 fully saturated rings. The number of carbonyl (C=O) groups is 2. The van der Waals surface area contributed by atoms with Gasteiger partial charge in [-0.05, 0) is 43.0 Å². The number of aryl methyl sites for hydroxylation is 1. The van der Waals surface area contributed by atoms with Crippen molar-refractivity contribution in [3.63, 3.8) is 0 Å². The van der Waals surface area contributed by atoms with Crippen molar-refractivity contribution in [2.45, 2.75) is 45.1 Å². The normalized spacial score (nSPS) is 15.3. The first-order chi connectivity index (χ1) is 16.0. The molecule has 8 nitrogen and oxygen atoms in total. The highest BCUT2D eigenvalue weighted by atomic mass is 16.6. The largest absolute Gasteiger partial charge is 0.450 e. The molecule has 2 heterocycles. The second-order valence-corrected chi connectivity index (χ2v) is 8.48. The Morgan fingerprint density at radius 1 is 1.06 bits per heavy atom. The number of carbonyl (C=O) groups excluding carboxylic acids is 2. The molecule has 0 spiro atoms. The van der Waals surface area contributed by atoms with E-state index in [1.54, 1.807) is 11.8 Å². The fourth-order valence-corrected chi connectivity index (χ4v) is 4.45. The molecule has 3 aromatic rings. The minimum Gasteiger partial charge on any atom is -0.450 e. The van der Waals surface area contributed by atoms with Crippen LogP contribution in [-0.4, -0.2) is 56.7 Å². The predicted octanol–water partition coefficient (Wildman–Crippen LogP) is 3.33. The summed E-state index contributed by atoms with van der Waals surface area (Å²) in [4.78, 5) is 27.9. The number of Topliss-reactive ketones (excluding diaryl/α,β-unsaturated/α-hetero) is 1. The highest BCUT2D eigenvalue weighted by Crippen LogP contribution is 2.39. The van der Waals surface area contributed by atoms with Gasteiger partial charge in [0, 0.05) is 19.5 Å². The molecule has 0 aliphatic carbocycles. The highest BCUT2D eigenvalue weighted by Gasteiger charge is 2.43. The van der Waals surface area contributed by atoms with Crippen LogP contribution in [-0.2, 0) is 27.9 Å². The van der Waals surface area contributed by atoms with Crippen LogP contribution < -0.4 is 0 Å². The standard InChI is InChI=1S/C25H29N5O3/c1-3-33-24(32)29-14-12-25(13-15-29,21-10-5-4-6-11-21)23-26-28-30(27-23)18-22(31)17-20-9-7-8-19(2)16-20/h4-11,16H,3,12-15,17-18H2,1-2H3. The van der Waals surface area contributed by atoms with Gasteiger partial charge in [0.05, 0.1) is 12.0 Å². The first-order valence-corrected chi connectivity index (χ1v) is 11.3. The van der Waals surface area contributed by atoms with Gasteiger partial charge in [0.25, 0.3) is 0 Å².